The highest BCUT2D eigenvalue weighted by molar-refractivity contribution is 5.98. The summed E-state index contributed by atoms with van der Waals surface area (Å²) >= 11 is 0. The van der Waals surface area contributed by atoms with Crippen molar-refractivity contribution in [2.45, 2.75) is 32.9 Å². The van der Waals surface area contributed by atoms with Crippen LogP contribution >= 0.6 is 0 Å². The van der Waals surface area contributed by atoms with Gasteiger partial charge in [0.25, 0.3) is 0 Å². The van der Waals surface area contributed by atoms with Crippen molar-refractivity contribution in [3.05, 3.63) is 46.8 Å². The molecule has 0 bridgehead atoms. The minimum absolute atomic E-state index is 0.243. The van der Waals surface area contributed by atoms with E-state index < -0.39 is 42.0 Å². The Kier molecular flexibility index (Phi) is 4.56. The van der Waals surface area contributed by atoms with E-state index in [-0.39, 0.29) is 12.1 Å². The number of ketones is 1. The summed E-state index contributed by atoms with van der Waals surface area (Å²) < 4.78 is 41.5. The Hall–Kier alpha value is -2.71. The Morgan fingerprint density at radius 1 is 1.08 bits per heavy atom. The topological polar surface area (TPSA) is 68.1 Å². The molecule has 0 spiro atoms. The van der Waals surface area contributed by atoms with E-state index >= 15 is 0 Å². The highest BCUT2D eigenvalue weighted by Gasteiger charge is 2.25. The molecule has 132 valence electrons. The van der Waals surface area contributed by atoms with Gasteiger partial charge in [0.15, 0.2) is 17.5 Å². The van der Waals surface area contributed by atoms with Crippen LogP contribution in [-0.4, -0.2) is 37.9 Å². The van der Waals surface area contributed by atoms with E-state index in [4.69, 9.17) is 0 Å². The van der Waals surface area contributed by atoms with Crippen molar-refractivity contribution in [3.63, 3.8) is 0 Å². The van der Waals surface area contributed by atoms with Crippen LogP contribution in [0.2, 0.25) is 0 Å². The molecule has 25 heavy (non-hydrogen) atoms. The van der Waals surface area contributed by atoms with Gasteiger partial charge in [0.1, 0.15) is 17.4 Å². The molecule has 0 atom stereocenters. The summed E-state index contributed by atoms with van der Waals surface area (Å²) in [4.78, 5) is 25.7. The van der Waals surface area contributed by atoms with Crippen molar-refractivity contribution in [3.8, 4) is 0 Å². The van der Waals surface area contributed by atoms with Crippen LogP contribution in [0.15, 0.2) is 12.1 Å². The van der Waals surface area contributed by atoms with E-state index in [0.29, 0.717) is 31.0 Å². The zero-order valence-corrected chi connectivity index (χ0v) is 13.4. The van der Waals surface area contributed by atoms with Gasteiger partial charge in [-0.15, -0.1) is 10.2 Å². The summed E-state index contributed by atoms with van der Waals surface area (Å²) in [6.45, 7) is 3.00. The minimum atomic E-state index is -1.32. The fourth-order valence-electron chi connectivity index (χ4n) is 2.77. The molecule has 2 aromatic rings. The van der Waals surface area contributed by atoms with Crippen molar-refractivity contribution in [1.29, 1.82) is 0 Å². The van der Waals surface area contributed by atoms with Crippen molar-refractivity contribution >= 4 is 11.7 Å². The molecule has 0 saturated carbocycles. The molecule has 9 heteroatoms. The van der Waals surface area contributed by atoms with Gasteiger partial charge in [-0.1, -0.05) is 0 Å². The standard InChI is InChI=1S/C16H15F3N4O2/c1-9-20-21-15-8-22(2-3-23(9)15)16(25)6-11(24)4-10-5-13(18)14(19)7-12(10)17/h5,7H,2-4,6,8H2,1H3. The predicted octanol–water partition coefficient (Wildman–Crippen LogP) is 1.55. The Morgan fingerprint density at radius 3 is 2.56 bits per heavy atom. The first-order chi connectivity index (χ1) is 11.8. The molecular formula is C16H15F3N4O2. The zero-order valence-electron chi connectivity index (χ0n) is 13.4. The van der Waals surface area contributed by atoms with Gasteiger partial charge in [0.05, 0.1) is 13.0 Å². The van der Waals surface area contributed by atoms with Crippen molar-refractivity contribution in [2.24, 2.45) is 0 Å². The number of fused-ring (bicyclic) bond motifs is 1. The van der Waals surface area contributed by atoms with Crippen LogP contribution in [0, 0.1) is 24.4 Å². The first-order valence-electron chi connectivity index (χ1n) is 7.66. The van der Waals surface area contributed by atoms with Gasteiger partial charge >= 0.3 is 0 Å². The zero-order chi connectivity index (χ0) is 18.1. The summed E-state index contributed by atoms with van der Waals surface area (Å²) in [5.74, 6) is -3.17. The summed E-state index contributed by atoms with van der Waals surface area (Å²) in [6, 6.07) is 1.03. The van der Waals surface area contributed by atoms with E-state index in [9.17, 15) is 22.8 Å². The van der Waals surface area contributed by atoms with Crippen LogP contribution in [-0.2, 0) is 29.1 Å². The normalized spacial score (nSPS) is 13.7. The lowest BCUT2D eigenvalue weighted by molar-refractivity contribution is -0.136. The SMILES string of the molecule is Cc1nnc2n1CCN(C(=O)CC(=O)Cc1cc(F)c(F)cc1F)C2. The van der Waals surface area contributed by atoms with E-state index in [0.717, 1.165) is 5.82 Å². The fraction of sp³-hybridized carbons (Fsp3) is 0.375. The Bertz CT molecular complexity index is 850. The second kappa shape index (κ2) is 6.66. The molecule has 0 unspecified atom stereocenters. The van der Waals surface area contributed by atoms with Crippen LogP contribution in [0.3, 0.4) is 0 Å². The van der Waals surface area contributed by atoms with Crippen LogP contribution in [0.1, 0.15) is 23.6 Å². The molecule has 6 nitrogen and oxygen atoms in total. The predicted molar refractivity (Wildman–Crippen MR) is 79.8 cm³/mol. The quantitative estimate of drug-likeness (QED) is 0.618. The molecule has 0 radical (unpaired) electrons. The largest absolute Gasteiger partial charge is 0.333 e. The Balaban J connectivity index is 1.62. The number of rotatable bonds is 4. The second-order valence-corrected chi connectivity index (χ2v) is 5.88. The number of amides is 1. The van der Waals surface area contributed by atoms with Crippen LogP contribution in [0.25, 0.3) is 0 Å². The van der Waals surface area contributed by atoms with Crippen LogP contribution in [0.5, 0.6) is 0 Å². The van der Waals surface area contributed by atoms with Crippen molar-refractivity contribution < 1.29 is 22.8 Å². The number of Topliss-reactive ketones (excluding diaryl/α,β-unsaturated/α-hetero) is 1. The van der Waals surface area contributed by atoms with Gasteiger partial charge in [0.2, 0.25) is 5.91 Å². The lowest BCUT2D eigenvalue weighted by Crippen LogP contribution is -2.39. The molecule has 0 N–H and O–H groups in total. The van der Waals surface area contributed by atoms with Gasteiger partial charge < -0.3 is 9.47 Å². The lowest BCUT2D eigenvalue weighted by atomic mass is 10.1. The first-order valence-corrected chi connectivity index (χ1v) is 7.66. The smallest absolute Gasteiger partial charge is 0.230 e. The average molecular weight is 352 g/mol. The number of hydrogen-bond donors (Lipinski definition) is 0. The summed E-state index contributed by atoms with van der Waals surface area (Å²) in [5, 5.41) is 7.91. The number of aryl methyl sites for hydroxylation is 1. The third-order valence-corrected chi connectivity index (χ3v) is 4.12. The summed E-state index contributed by atoms with van der Waals surface area (Å²) in [7, 11) is 0. The van der Waals surface area contributed by atoms with Gasteiger partial charge in [-0.25, -0.2) is 13.2 Å². The molecule has 1 aromatic heterocycles. The van der Waals surface area contributed by atoms with Crippen molar-refractivity contribution in [2.75, 3.05) is 6.54 Å². The van der Waals surface area contributed by atoms with E-state index in [1.54, 1.807) is 0 Å². The van der Waals surface area contributed by atoms with E-state index in [1.807, 2.05) is 11.5 Å². The number of nitrogens with zero attached hydrogens (tertiary/aromatic N) is 4. The Morgan fingerprint density at radius 2 is 1.80 bits per heavy atom. The molecule has 1 amide bonds. The first kappa shape index (κ1) is 17.1. The number of carbonyl (C=O) groups is 2. The highest BCUT2D eigenvalue weighted by Crippen LogP contribution is 2.16. The fourth-order valence-corrected chi connectivity index (χ4v) is 2.77. The summed E-state index contributed by atoms with van der Waals surface area (Å²) in [5.41, 5.74) is -0.272. The number of hydrogen-bond acceptors (Lipinski definition) is 4. The number of benzene rings is 1. The monoisotopic (exact) mass is 352 g/mol. The molecule has 0 aliphatic carbocycles. The number of halogens is 3. The third-order valence-electron chi connectivity index (χ3n) is 4.12. The van der Waals surface area contributed by atoms with Gasteiger partial charge in [0, 0.05) is 25.6 Å². The molecule has 1 aliphatic heterocycles. The second-order valence-electron chi connectivity index (χ2n) is 5.88. The third kappa shape index (κ3) is 3.54. The molecule has 1 aliphatic rings. The maximum atomic E-state index is 13.6. The number of aromatic nitrogens is 3. The maximum Gasteiger partial charge on any atom is 0.230 e. The molecule has 0 saturated heterocycles. The maximum absolute atomic E-state index is 13.6. The number of carbonyl (C=O) groups excluding carboxylic acids is 2. The van der Waals surface area contributed by atoms with Gasteiger partial charge in [-0.3, -0.25) is 9.59 Å². The van der Waals surface area contributed by atoms with E-state index in [2.05, 4.69) is 10.2 Å². The molecule has 0 fully saturated rings. The summed E-state index contributed by atoms with van der Waals surface area (Å²) in [6.07, 6.45) is -0.913. The van der Waals surface area contributed by atoms with Gasteiger partial charge in [-0.05, 0) is 18.6 Å². The molecule has 1 aromatic carbocycles. The van der Waals surface area contributed by atoms with Crippen LogP contribution < -0.4 is 0 Å². The highest BCUT2D eigenvalue weighted by atomic mass is 19.2. The van der Waals surface area contributed by atoms with E-state index in [1.165, 1.54) is 4.90 Å². The lowest BCUT2D eigenvalue weighted by Gasteiger charge is -2.27. The average Bonchev–Trinajstić information content (AvgIpc) is 2.93. The minimum Gasteiger partial charge on any atom is -0.333 e. The van der Waals surface area contributed by atoms with Gasteiger partial charge in [-0.2, -0.15) is 0 Å². The van der Waals surface area contributed by atoms with Crippen LogP contribution in [0.4, 0.5) is 13.2 Å². The molecular weight excluding hydrogens is 337 g/mol. The van der Waals surface area contributed by atoms with Crippen molar-refractivity contribution in [1.82, 2.24) is 19.7 Å². The molecule has 2 heterocycles. The Labute approximate surface area is 141 Å². The molecule has 3 rings (SSSR count).